The van der Waals surface area contributed by atoms with Crippen molar-refractivity contribution in [3.63, 3.8) is 0 Å². The van der Waals surface area contributed by atoms with E-state index >= 15 is 0 Å². The van der Waals surface area contributed by atoms with Crippen LogP contribution in [0.2, 0.25) is 0 Å². The Morgan fingerprint density at radius 1 is 1.37 bits per heavy atom. The molecule has 2 heterocycles. The molecule has 2 aliphatic rings. The number of carbonyl (C=O) groups is 2. The van der Waals surface area contributed by atoms with E-state index < -0.39 is 17.9 Å². The Morgan fingerprint density at radius 3 is 2.84 bits per heavy atom. The monoisotopic (exact) mass is 264 g/mol. The molecule has 1 saturated heterocycles. The highest BCUT2D eigenvalue weighted by Gasteiger charge is 2.36. The van der Waals surface area contributed by atoms with Gasteiger partial charge < -0.3 is 19.7 Å². The first-order chi connectivity index (χ1) is 9.16. The lowest BCUT2D eigenvalue weighted by Gasteiger charge is -2.16. The molecule has 19 heavy (non-hydrogen) atoms. The van der Waals surface area contributed by atoms with Gasteiger partial charge in [0.2, 0.25) is 0 Å². The lowest BCUT2D eigenvalue weighted by molar-refractivity contribution is -0.142. The first kappa shape index (κ1) is 12.2. The quantitative estimate of drug-likeness (QED) is 0.836. The minimum absolute atomic E-state index is 0.157. The van der Waals surface area contributed by atoms with E-state index in [2.05, 4.69) is 5.32 Å². The number of aliphatic carboxylic acids is 1. The summed E-state index contributed by atoms with van der Waals surface area (Å²) in [6.45, 7) is 0.413. The smallest absolute Gasteiger partial charge is 0.311 e. The molecule has 0 bridgehead atoms. The zero-order chi connectivity index (χ0) is 13.4. The van der Waals surface area contributed by atoms with Gasteiger partial charge in [0, 0.05) is 12.2 Å². The van der Waals surface area contributed by atoms with E-state index in [1.165, 1.54) is 0 Å². The van der Waals surface area contributed by atoms with Crippen LogP contribution in [-0.2, 0) is 9.53 Å². The van der Waals surface area contributed by atoms with Crippen molar-refractivity contribution >= 4 is 11.9 Å². The van der Waals surface area contributed by atoms with Crippen molar-refractivity contribution in [1.29, 1.82) is 0 Å². The summed E-state index contributed by atoms with van der Waals surface area (Å²) < 4.78 is 7.10. The molecule has 102 valence electrons. The predicted molar refractivity (Wildman–Crippen MR) is 65.9 cm³/mol. The van der Waals surface area contributed by atoms with Crippen LogP contribution in [0.1, 0.15) is 29.4 Å². The van der Waals surface area contributed by atoms with Gasteiger partial charge in [-0.05, 0) is 25.0 Å². The Bertz CT molecular complexity index is 506. The molecule has 1 aliphatic heterocycles. The minimum Gasteiger partial charge on any atom is -0.481 e. The molecule has 2 fully saturated rings. The fourth-order valence-corrected chi connectivity index (χ4v) is 2.44. The number of carboxylic acids is 1. The number of hydrogen-bond acceptors (Lipinski definition) is 3. The number of rotatable bonds is 4. The Hall–Kier alpha value is -1.82. The van der Waals surface area contributed by atoms with Crippen molar-refractivity contribution in [2.24, 2.45) is 5.92 Å². The molecule has 2 atom stereocenters. The maximum atomic E-state index is 12.2. The van der Waals surface area contributed by atoms with E-state index in [4.69, 9.17) is 9.84 Å². The summed E-state index contributed by atoms with van der Waals surface area (Å²) in [4.78, 5) is 23.2. The molecule has 2 unspecified atom stereocenters. The second-order valence-electron chi connectivity index (χ2n) is 5.09. The number of ether oxygens (including phenoxy) is 1. The van der Waals surface area contributed by atoms with Crippen LogP contribution in [0, 0.1) is 5.92 Å². The summed E-state index contributed by atoms with van der Waals surface area (Å²) in [6.07, 6.45) is 4.09. The molecule has 1 amide bonds. The van der Waals surface area contributed by atoms with Gasteiger partial charge in [0.05, 0.1) is 19.3 Å². The van der Waals surface area contributed by atoms with Gasteiger partial charge in [-0.2, -0.15) is 0 Å². The van der Waals surface area contributed by atoms with Crippen molar-refractivity contribution in [1.82, 2.24) is 9.88 Å². The Kier molecular flexibility index (Phi) is 3.02. The van der Waals surface area contributed by atoms with Crippen LogP contribution < -0.4 is 5.32 Å². The average Bonchev–Trinajstić information content (AvgIpc) is 2.92. The largest absolute Gasteiger partial charge is 0.481 e. The summed E-state index contributed by atoms with van der Waals surface area (Å²) in [5.41, 5.74) is 0.596. The number of nitrogens with zero attached hydrogens (tertiary/aromatic N) is 1. The molecular weight excluding hydrogens is 248 g/mol. The molecule has 0 radical (unpaired) electrons. The number of aromatic nitrogens is 1. The summed E-state index contributed by atoms with van der Waals surface area (Å²) in [7, 11) is 0. The zero-order valence-electron chi connectivity index (χ0n) is 10.4. The molecule has 6 heteroatoms. The third-order valence-electron chi connectivity index (χ3n) is 3.67. The van der Waals surface area contributed by atoms with Crippen molar-refractivity contribution in [2.75, 3.05) is 13.2 Å². The third kappa shape index (κ3) is 2.35. The van der Waals surface area contributed by atoms with Gasteiger partial charge >= 0.3 is 5.97 Å². The van der Waals surface area contributed by atoms with Crippen LogP contribution in [-0.4, -0.2) is 40.8 Å². The molecule has 0 spiro atoms. The summed E-state index contributed by atoms with van der Waals surface area (Å²) in [5.74, 6) is -1.81. The van der Waals surface area contributed by atoms with Crippen LogP contribution >= 0.6 is 0 Å². The fraction of sp³-hybridized carbons (Fsp3) is 0.538. The SMILES string of the molecule is O=C(NC1COCC1C(=O)O)c1cccn1C1CC1. The molecule has 3 rings (SSSR count). The van der Waals surface area contributed by atoms with Crippen LogP contribution in [0.5, 0.6) is 0 Å². The zero-order valence-corrected chi connectivity index (χ0v) is 10.4. The molecule has 1 aromatic rings. The second kappa shape index (κ2) is 4.70. The second-order valence-corrected chi connectivity index (χ2v) is 5.09. The van der Waals surface area contributed by atoms with E-state index in [0.29, 0.717) is 11.7 Å². The molecule has 1 aromatic heterocycles. The van der Waals surface area contributed by atoms with E-state index in [1.54, 1.807) is 6.07 Å². The predicted octanol–water partition coefficient (Wildman–Crippen LogP) is 0.652. The molecular formula is C13H16N2O4. The number of amides is 1. The van der Waals surface area contributed by atoms with E-state index in [-0.39, 0.29) is 19.1 Å². The van der Waals surface area contributed by atoms with Crippen LogP contribution in [0.4, 0.5) is 0 Å². The van der Waals surface area contributed by atoms with E-state index in [9.17, 15) is 9.59 Å². The van der Waals surface area contributed by atoms with Crippen molar-refractivity contribution < 1.29 is 19.4 Å². The van der Waals surface area contributed by atoms with Gasteiger partial charge in [0.1, 0.15) is 11.6 Å². The van der Waals surface area contributed by atoms with Gasteiger partial charge in [0.25, 0.3) is 5.91 Å². The summed E-state index contributed by atoms with van der Waals surface area (Å²) >= 11 is 0. The highest BCUT2D eigenvalue weighted by atomic mass is 16.5. The van der Waals surface area contributed by atoms with Gasteiger partial charge in [0.15, 0.2) is 0 Å². The number of nitrogens with one attached hydrogen (secondary N) is 1. The summed E-state index contributed by atoms with van der Waals surface area (Å²) in [6, 6.07) is 3.57. The molecule has 2 N–H and O–H groups in total. The molecule has 6 nitrogen and oxygen atoms in total. The third-order valence-corrected chi connectivity index (χ3v) is 3.67. The topological polar surface area (TPSA) is 80.6 Å². The van der Waals surface area contributed by atoms with Crippen LogP contribution in [0.3, 0.4) is 0 Å². The van der Waals surface area contributed by atoms with Crippen LogP contribution in [0.15, 0.2) is 18.3 Å². The Morgan fingerprint density at radius 2 is 2.16 bits per heavy atom. The lowest BCUT2D eigenvalue weighted by Crippen LogP contribution is -2.43. The number of carbonyl (C=O) groups excluding carboxylic acids is 1. The van der Waals surface area contributed by atoms with Crippen molar-refractivity contribution in [3.05, 3.63) is 24.0 Å². The fourth-order valence-electron chi connectivity index (χ4n) is 2.44. The maximum Gasteiger partial charge on any atom is 0.311 e. The van der Waals surface area contributed by atoms with E-state index in [1.807, 2.05) is 16.8 Å². The van der Waals surface area contributed by atoms with Gasteiger partial charge in [-0.3, -0.25) is 9.59 Å². The highest BCUT2D eigenvalue weighted by molar-refractivity contribution is 5.93. The van der Waals surface area contributed by atoms with Gasteiger partial charge in [-0.15, -0.1) is 0 Å². The lowest BCUT2D eigenvalue weighted by atomic mass is 10.0. The number of hydrogen-bond donors (Lipinski definition) is 2. The maximum absolute atomic E-state index is 12.2. The average molecular weight is 264 g/mol. The van der Waals surface area contributed by atoms with Gasteiger partial charge in [-0.1, -0.05) is 0 Å². The molecule has 0 aromatic carbocycles. The Balaban J connectivity index is 1.70. The first-order valence-electron chi connectivity index (χ1n) is 6.45. The highest BCUT2D eigenvalue weighted by Crippen LogP contribution is 2.36. The first-order valence-corrected chi connectivity index (χ1v) is 6.45. The molecule has 1 saturated carbocycles. The van der Waals surface area contributed by atoms with Crippen molar-refractivity contribution in [3.8, 4) is 0 Å². The molecule has 1 aliphatic carbocycles. The normalized spacial score (nSPS) is 26.3. The van der Waals surface area contributed by atoms with Gasteiger partial charge in [-0.25, -0.2) is 0 Å². The Labute approximate surface area is 110 Å². The van der Waals surface area contributed by atoms with Crippen LogP contribution in [0.25, 0.3) is 0 Å². The van der Waals surface area contributed by atoms with E-state index in [0.717, 1.165) is 12.8 Å². The standard InChI is InChI=1S/C13H16N2O4/c16-12(11-2-1-5-15(11)8-3-4-8)14-10-7-19-6-9(10)13(17)18/h1-2,5,8-10H,3-4,6-7H2,(H,14,16)(H,17,18). The summed E-state index contributed by atoms with van der Waals surface area (Å²) in [5, 5.41) is 11.8. The number of carboxylic acid groups (broad SMARTS) is 1. The van der Waals surface area contributed by atoms with Crippen molar-refractivity contribution in [2.45, 2.75) is 24.9 Å². The minimum atomic E-state index is -0.930.